The average molecular weight is 445 g/mol. The summed E-state index contributed by atoms with van der Waals surface area (Å²) >= 11 is 0. The van der Waals surface area contributed by atoms with E-state index in [4.69, 9.17) is 9.47 Å². The Kier molecular flexibility index (Phi) is 6.62. The minimum atomic E-state index is -3.34. The van der Waals surface area contributed by atoms with E-state index in [2.05, 4.69) is 9.62 Å². The van der Waals surface area contributed by atoms with Gasteiger partial charge in [0.15, 0.2) is 11.6 Å². The number of halogens is 2. The van der Waals surface area contributed by atoms with Crippen LogP contribution < -0.4 is 9.46 Å². The largest absolute Gasteiger partial charge is 0.489 e. The summed E-state index contributed by atoms with van der Waals surface area (Å²) in [5, 5.41) is 0. The Balaban J connectivity index is 1.60. The molecular formula is C21H30F2N2O4S. The summed E-state index contributed by atoms with van der Waals surface area (Å²) in [6.07, 6.45) is 6.03. The zero-order valence-electron chi connectivity index (χ0n) is 17.3. The highest BCUT2D eigenvalue weighted by molar-refractivity contribution is 7.88. The molecule has 168 valence electrons. The quantitative estimate of drug-likeness (QED) is 0.760. The zero-order chi connectivity index (χ0) is 21.3. The minimum absolute atomic E-state index is 0.0491. The van der Waals surface area contributed by atoms with E-state index in [1.54, 1.807) is 0 Å². The van der Waals surface area contributed by atoms with E-state index in [1.807, 2.05) is 0 Å². The van der Waals surface area contributed by atoms with Crippen LogP contribution in [0.25, 0.3) is 0 Å². The third-order valence-electron chi connectivity index (χ3n) is 6.54. The van der Waals surface area contributed by atoms with E-state index in [0.717, 1.165) is 51.1 Å². The van der Waals surface area contributed by atoms with E-state index in [9.17, 15) is 17.2 Å². The number of hydrogen-bond donors (Lipinski definition) is 1. The first-order valence-corrected chi connectivity index (χ1v) is 12.6. The third-order valence-corrected chi connectivity index (χ3v) is 7.27. The monoisotopic (exact) mass is 444 g/mol. The van der Waals surface area contributed by atoms with Gasteiger partial charge < -0.3 is 9.47 Å². The van der Waals surface area contributed by atoms with Gasteiger partial charge in [0, 0.05) is 30.3 Å². The second-order valence-electron chi connectivity index (χ2n) is 8.70. The van der Waals surface area contributed by atoms with Crippen LogP contribution in [-0.2, 0) is 14.8 Å². The fraction of sp³-hybridized carbons (Fsp3) is 0.714. The van der Waals surface area contributed by atoms with Gasteiger partial charge >= 0.3 is 0 Å². The van der Waals surface area contributed by atoms with Crippen molar-refractivity contribution in [3.05, 3.63) is 29.3 Å². The summed E-state index contributed by atoms with van der Waals surface area (Å²) < 4.78 is 67.1. The maximum Gasteiger partial charge on any atom is 0.209 e. The summed E-state index contributed by atoms with van der Waals surface area (Å²) in [5.41, 5.74) is 0.608. The predicted molar refractivity (Wildman–Crippen MR) is 109 cm³/mol. The average Bonchev–Trinajstić information content (AvgIpc) is 2.69. The van der Waals surface area contributed by atoms with E-state index in [0.29, 0.717) is 18.7 Å². The Morgan fingerprint density at radius 1 is 1.10 bits per heavy atom. The van der Waals surface area contributed by atoms with Crippen LogP contribution in [0.15, 0.2) is 12.1 Å². The molecule has 1 aliphatic carbocycles. The molecule has 1 aromatic carbocycles. The van der Waals surface area contributed by atoms with E-state index < -0.39 is 21.7 Å². The Hall–Kier alpha value is -1.29. The Bertz CT molecular complexity index is 859. The molecule has 2 atom stereocenters. The van der Waals surface area contributed by atoms with Gasteiger partial charge in [0.25, 0.3) is 0 Å². The molecule has 1 saturated heterocycles. The van der Waals surface area contributed by atoms with Crippen molar-refractivity contribution >= 4 is 10.0 Å². The molecule has 6 nitrogen and oxygen atoms in total. The van der Waals surface area contributed by atoms with Crippen LogP contribution >= 0.6 is 0 Å². The van der Waals surface area contributed by atoms with Crippen molar-refractivity contribution in [1.29, 1.82) is 0 Å². The second-order valence-corrected chi connectivity index (χ2v) is 10.5. The van der Waals surface area contributed by atoms with Crippen molar-refractivity contribution in [3.63, 3.8) is 0 Å². The molecule has 9 heteroatoms. The molecule has 0 aromatic heterocycles. The summed E-state index contributed by atoms with van der Waals surface area (Å²) in [4.78, 5) is 2.16. The molecule has 5 rings (SSSR count). The number of sulfonamides is 1. The molecular weight excluding hydrogens is 414 g/mol. The molecule has 2 fully saturated rings. The zero-order valence-corrected chi connectivity index (χ0v) is 18.1. The highest BCUT2D eigenvalue weighted by Crippen LogP contribution is 2.40. The van der Waals surface area contributed by atoms with Crippen molar-refractivity contribution in [2.24, 2.45) is 0 Å². The lowest BCUT2D eigenvalue weighted by atomic mass is 9.82. The molecule has 1 N–H and O–H groups in total. The van der Waals surface area contributed by atoms with Crippen molar-refractivity contribution in [2.75, 3.05) is 32.6 Å². The summed E-state index contributed by atoms with van der Waals surface area (Å²) in [7, 11) is -3.34. The van der Waals surface area contributed by atoms with Gasteiger partial charge in [0.1, 0.15) is 12.4 Å². The van der Waals surface area contributed by atoms with E-state index in [-0.39, 0.29) is 36.5 Å². The van der Waals surface area contributed by atoms with Crippen LogP contribution in [0, 0.1) is 11.6 Å². The number of piperidine rings is 1. The predicted octanol–water partition coefficient (Wildman–Crippen LogP) is 2.78. The van der Waals surface area contributed by atoms with Crippen molar-refractivity contribution in [2.45, 2.75) is 62.6 Å². The van der Waals surface area contributed by atoms with Gasteiger partial charge in [-0.1, -0.05) is 0 Å². The fourth-order valence-electron chi connectivity index (χ4n) is 5.11. The molecule has 4 aliphatic rings. The van der Waals surface area contributed by atoms with Gasteiger partial charge in [-0.2, -0.15) is 0 Å². The Labute approximate surface area is 177 Å². The van der Waals surface area contributed by atoms with E-state index in [1.165, 1.54) is 12.3 Å². The number of rotatable bonds is 2. The molecule has 30 heavy (non-hydrogen) atoms. The number of fused-ring (bicyclic) bond motifs is 5. The molecule has 2 bridgehead atoms. The molecule has 2 unspecified atom stereocenters. The van der Waals surface area contributed by atoms with Gasteiger partial charge in [0.2, 0.25) is 10.0 Å². The van der Waals surface area contributed by atoms with Gasteiger partial charge in [-0.05, 0) is 57.1 Å². The standard InChI is InChI=1S/C21H30F2N2O4S/c1-30(26,27)24-19-3-2-8-25-9-10-28-21-17(11-15(22)12-18(21)23)14-4-6-16(7-5-14)29-13-20(19)25/h11-12,14,16,19-20,24H,2-10,13H2,1H3. The lowest BCUT2D eigenvalue weighted by Gasteiger charge is -2.41. The molecule has 0 radical (unpaired) electrons. The smallest absolute Gasteiger partial charge is 0.209 e. The van der Waals surface area contributed by atoms with Crippen LogP contribution in [0.5, 0.6) is 5.75 Å². The second kappa shape index (κ2) is 9.06. The van der Waals surface area contributed by atoms with Crippen LogP contribution in [0.1, 0.15) is 50.0 Å². The molecule has 3 heterocycles. The van der Waals surface area contributed by atoms with Crippen molar-refractivity contribution < 1.29 is 26.7 Å². The SMILES string of the molecule is CS(=O)(=O)NC1CCCN2CCOc3c(F)cc(F)cc3C3CCC(CC3)OCC12. The highest BCUT2D eigenvalue weighted by atomic mass is 32.2. The van der Waals surface area contributed by atoms with Gasteiger partial charge in [0.05, 0.1) is 19.0 Å². The van der Waals surface area contributed by atoms with Gasteiger partial charge in [-0.3, -0.25) is 4.90 Å². The number of benzene rings is 1. The summed E-state index contributed by atoms with van der Waals surface area (Å²) in [6, 6.07) is 1.95. The highest BCUT2D eigenvalue weighted by Gasteiger charge is 2.35. The lowest BCUT2D eigenvalue weighted by Crippen LogP contribution is -2.58. The molecule has 1 aromatic rings. The summed E-state index contributed by atoms with van der Waals surface area (Å²) in [6.45, 7) is 2.00. The maximum absolute atomic E-state index is 14.6. The molecule has 0 amide bonds. The van der Waals surface area contributed by atoms with Crippen LogP contribution in [-0.4, -0.2) is 64.1 Å². The number of ether oxygens (including phenoxy) is 2. The maximum atomic E-state index is 14.6. The lowest BCUT2D eigenvalue weighted by molar-refractivity contribution is -0.0284. The van der Waals surface area contributed by atoms with Crippen LogP contribution in [0.3, 0.4) is 0 Å². The van der Waals surface area contributed by atoms with Gasteiger partial charge in [-0.15, -0.1) is 0 Å². The topological polar surface area (TPSA) is 67.9 Å². The van der Waals surface area contributed by atoms with Crippen LogP contribution in [0.2, 0.25) is 0 Å². The van der Waals surface area contributed by atoms with Crippen molar-refractivity contribution in [3.8, 4) is 5.75 Å². The fourth-order valence-corrected chi connectivity index (χ4v) is 5.94. The molecule has 3 aliphatic heterocycles. The molecule has 0 spiro atoms. The first-order chi connectivity index (χ1) is 14.3. The van der Waals surface area contributed by atoms with Crippen LogP contribution in [0.4, 0.5) is 8.78 Å². The Morgan fingerprint density at radius 2 is 1.87 bits per heavy atom. The number of nitrogens with one attached hydrogen (secondary N) is 1. The molecule has 1 saturated carbocycles. The first-order valence-electron chi connectivity index (χ1n) is 10.7. The normalized spacial score (nSPS) is 30.9. The van der Waals surface area contributed by atoms with Crippen molar-refractivity contribution in [1.82, 2.24) is 9.62 Å². The van der Waals surface area contributed by atoms with E-state index >= 15 is 0 Å². The Morgan fingerprint density at radius 3 is 2.60 bits per heavy atom. The number of hydrogen-bond acceptors (Lipinski definition) is 5. The van der Waals surface area contributed by atoms with Gasteiger partial charge in [-0.25, -0.2) is 21.9 Å². The third kappa shape index (κ3) is 5.12. The first kappa shape index (κ1) is 21.9. The number of nitrogens with zero attached hydrogens (tertiary/aromatic N) is 1. The minimum Gasteiger partial charge on any atom is -0.489 e. The summed E-state index contributed by atoms with van der Waals surface area (Å²) in [5.74, 6) is -1.04.